The Kier molecular flexibility index (Phi) is 3.61. The minimum Gasteiger partial charge on any atom is -0.508 e. The van der Waals surface area contributed by atoms with Crippen LogP contribution < -0.4 is 5.32 Å². The number of nitrogens with one attached hydrogen (secondary N) is 1. The lowest BCUT2D eigenvalue weighted by Crippen LogP contribution is -2.11. The first-order valence-electron chi connectivity index (χ1n) is 5.78. The normalized spacial score (nSPS) is 9.95. The average molecular weight is 255 g/mol. The molecule has 2 aromatic carbocycles. The summed E-state index contributed by atoms with van der Waals surface area (Å²) < 4.78 is 0. The van der Waals surface area contributed by atoms with Crippen LogP contribution in [0.2, 0.25) is 0 Å². The van der Waals surface area contributed by atoms with Crippen LogP contribution in [-0.2, 0) is 4.79 Å². The summed E-state index contributed by atoms with van der Waals surface area (Å²) in [6.07, 6.45) is 0. The van der Waals surface area contributed by atoms with Gasteiger partial charge in [0, 0.05) is 18.1 Å². The first kappa shape index (κ1) is 12.8. The minimum absolute atomic E-state index is 0.0200. The number of benzene rings is 2. The molecule has 19 heavy (non-hydrogen) atoms. The first-order valence-corrected chi connectivity index (χ1v) is 5.78. The number of rotatable bonds is 3. The third-order valence-corrected chi connectivity index (χ3v) is 2.59. The molecule has 0 spiro atoms. The van der Waals surface area contributed by atoms with E-state index in [2.05, 4.69) is 5.32 Å². The summed E-state index contributed by atoms with van der Waals surface area (Å²) in [5.74, 6) is -0.540. The van der Waals surface area contributed by atoms with Crippen molar-refractivity contribution in [3.05, 3.63) is 59.7 Å². The molecule has 2 aromatic rings. The number of carbonyl (C=O) groups is 2. The fourth-order valence-corrected chi connectivity index (χ4v) is 1.76. The Morgan fingerprint density at radius 1 is 1.05 bits per heavy atom. The van der Waals surface area contributed by atoms with Gasteiger partial charge in [-0.25, -0.2) is 0 Å². The molecule has 0 unspecified atom stereocenters. The number of hydrogen-bond donors (Lipinski definition) is 2. The molecular weight excluding hydrogens is 242 g/mol. The van der Waals surface area contributed by atoms with Crippen molar-refractivity contribution in [3.8, 4) is 5.75 Å². The van der Waals surface area contributed by atoms with Gasteiger partial charge in [0.2, 0.25) is 5.91 Å². The zero-order valence-electron chi connectivity index (χ0n) is 10.4. The van der Waals surface area contributed by atoms with Crippen molar-refractivity contribution in [2.45, 2.75) is 6.92 Å². The van der Waals surface area contributed by atoms with Crippen molar-refractivity contribution in [3.63, 3.8) is 0 Å². The van der Waals surface area contributed by atoms with Crippen molar-refractivity contribution < 1.29 is 14.7 Å². The lowest BCUT2D eigenvalue weighted by molar-refractivity contribution is -0.114. The fraction of sp³-hybridized carbons (Fsp3) is 0.0667. The molecule has 0 saturated carbocycles. The number of aromatic hydroxyl groups is 1. The maximum atomic E-state index is 12.3. The topological polar surface area (TPSA) is 66.4 Å². The van der Waals surface area contributed by atoms with Crippen LogP contribution in [-0.4, -0.2) is 16.8 Å². The predicted octanol–water partition coefficient (Wildman–Crippen LogP) is 2.58. The lowest BCUT2D eigenvalue weighted by atomic mass is 10.0. The molecule has 0 radical (unpaired) electrons. The van der Waals surface area contributed by atoms with Gasteiger partial charge in [-0.05, 0) is 18.2 Å². The standard InChI is InChI=1S/C15H13NO3/c1-10(17)16-14-8-7-12(18)9-13(14)15(19)11-5-3-2-4-6-11/h2-9,18H,1H3,(H,16,17). The van der Waals surface area contributed by atoms with Gasteiger partial charge in [-0.3, -0.25) is 9.59 Å². The van der Waals surface area contributed by atoms with E-state index in [-0.39, 0.29) is 23.0 Å². The zero-order chi connectivity index (χ0) is 13.8. The van der Waals surface area contributed by atoms with E-state index in [1.807, 2.05) is 6.07 Å². The summed E-state index contributed by atoms with van der Waals surface area (Å²) in [6.45, 7) is 1.36. The van der Waals surface area contributed by atoms with Gasteiger partial charge in [0.1, 0.15) is 5.75 Å². The Bertz CT molecular complexity index is 621. The molecule has 2 N–H and O–H groups in total. The smallest absolute Gasteiger partial charge is 0.221 e. The SMILES string of the molecule is CC(=O)Nc1ccc(O)cc1C(=O)c1ccccc1. The predicted molar refractivity (Wildman–Crippen MR) is 72.3 cm³/mol. The van der Waals surface area contributed by atoms with Crippen LogP contribution >= 0.6 is 0 Å². The van der Waals surface area contributed by atoms with E-state index < -0.39 is 0 Å². The van der Waals surface area contributed by atoms with Gasteiger partial charge in [-0.1, -0.05) is 30.3 Å². The second-order valence-corrected chi connectivity index (χ2v) is 4.11. The first-order chi connectivity index (χ1) is 9.08. The van der Waals surface area contributed by atoms with E-state index in [1.54, 1.807) is 24.3 Å². The van der Waals surface area contributed by atoms with Gasteiger partial charge < -0.3 is 10.4 Å². The summed E-state index contributed by atoms with van der Waals surface area (Å²) in [4.78, 5) is 23.5. The highest BCUT2D eigenvalue weighted by atomic mass is 16.3. The van der Waals surface area contributed by atoms with Gasteiger partial charge in [0.25, 0.3) is 0 Å². The van der Waals surface area contributed by atoms with Gasteiger partial charge in [-0.15, -0.1) is 0 Å². The van der Waals surface area contributed by atoms with E-state index in [0.29, 0.717) is 11.3 Å². The Balaban J connectivity index is 2.45. The molecule has 96 valence electrons. The van der Waals surface area contributed by atoms with Crippen LogP contribution in [0.5, 0.6) is 5.75 Å². The second kappa shape index (κ2) is 5.35. The molecule has 0 aromatic heterocycles. The van der Waals surface area contributed by atoms with Crippen molar-refractivity contribution in [2.24, 2.45) is 0 Å². The van der Waals surface area contributed by atoms with E-state index in [9.17, 15) is 14.7 Å². The quantitative estimate of drug-likeness (QED) is 0.654. The second-order valence-electron chi connectivity index (χ2n) is 4.11. The Labute approximate surface area is 110 Å². The Morgan fingerprint density at radius 2 is 1.74 bits per heavy atom. The molecule has 0 aliphatic carbocycles. The number of anilines is 1. The molecule has 4 heteroatoms. The van der Waals surface area contributed by atoms with E-state index in [0.717, 1.165) is 0 Å². The van der Waals surface area contributed by atoms with Gasteiger partial charge in [0.15, 0.2) is 5.78 Å². The number of ketones is 1. The summed E-state index contributed by atoms with van der Waals surface area (Å²) >= 11 is 0. The van der Waals surface area contributed by atoms with Crippen LogP contribution in [0.15, 0.2) is 48.5 Å². The third-order valence-electron chi connectivity index (χ3n) is 2.59. The van der Waals surface area contributed by atoms with E-state index in [1.165, 1.54) is 25.1 Å². The monoisotopic (exact) mass is 255 g/mol. The molecule has 2 rings (SSSR count). The highest BCUT2D eigenvalue weighted by Gasteiger charge is 2.15. The molecule has 0 aliphatic heterocycles. The molecule has 4 nitrogen and oxygen atoms in total. The van der Waals surface area contributed by atoms with Gasteiger partial charge >= 0.3 is 0 Å². The van der Waals surface area contributed by atoms with Gasteiger partial charge in [0.05, 0.1) is 5.69 Å². The van der Waals surface area contributed by atoms with Crippen LogP contribution in [0.1, 0.15) is 22.8 Å². The molecule has 0 saturated heterocycles. The summed E-state index contributed by atoms with van der Waals surface area (Å²) in [5, 5.41) is 12.1. The highest BCUT2D eigenvalue weighted by Crippen LogP contribution is 2.24. The summed E-state index contributed by atoms with van der Waals surface area (Å²) in [6, 6.07) is 13.0. The molecule has 0 aliphatic rings. The number of amides is 1. The third kappa shape index (κ3) is 2.98. The summed E-state index contributed by atoms with van der Waals surface area (Å²) in [7, 11) is 0. The van der Waals surface area contributed by atoms with E-state index in [4.69, 9.17) is 0 Å². The molecule has 0 fully saturated rings. The number of hydrogen-bond acceptors (Lipinski definition) is 3. The average Bonchev–Trinajstić information content (AvgIpc) is 2.40. The molecule has 0 bridgehead atoms. The molecule has 0 atom stereocenters. The van der Waals surface area contributed by atoms with Crippen LogP contribution in [0.3, 0.4) is 0 Å². The number of carbonyl (C=O) groups excluding carboxylic acids is 2. The highest BCUT2D eigenvalue weighted by molar-refractivity contribution is 6.13. The molecular formula is C15H13NO3. The van der Waals surface area contributed by atoms with Crippen molar-refractivity contribution >= 4 is 17.4 Å². The minimum atomic E-state index is -0.271. The van der Waals surface area contributed by atoms with Crippen molar-refractivity contribution in [1.29, 1.82) is 0 Å². The Hall–Kier alpha value is -2.62. The van der Waals surface area contributed by atoms with E-state index >= 15 is 0 Å². The van der Waals surface area contributed by atoms with Crippen molar-refractivity contribution in [2.75, 3.05) is 5.32 Å². The lowest BCUT2D eigenvalue weighted by Gasteiger charge is -2.09. The fourth-order valence-electron chi connectivity index (χ4n) is 1.76. The summed E-state index contributed by atoms with van der Waals surface area (Å²) in [5.41, 5.74) is 1.15. The maximum Gasteiger partial charge on any atom is 0.221 e. The number of phenolic OH excluding ortho intramolecular Hbond substituents is 1. The number of phenols is 1. The van der Waals surface area contributed by atoms with Crippen molar-refractivity contribution in [1.82, 2.24) is 0 Å². The Morgan fingerprint density at radius 3 is 2.37 bits per heavy atom. The van der Waals surface area contributed by atoms with Gasteiger partial charge in [-0.2, -0.15) is 0 Å². The molecule has 0 heterocycles. The van der Waals surface area contributed by atoms with Crippen LogP contribution in [0.25, 0.3) is 0 Å². The molecule has 1 amide bonds. The largest absolute Gasteiger partial charge is 0.508 e. The van der Waals surface area contributed by atoms with Crippen LogP contribution in [0.4, 0.5) is 5.69 Å². The van der Waals surface area contributed by atoms with Crippen LogP contribution in [0, 0.1) is 0 Å². The zero-order valence-corrected chi connectivity index (χ0v) is 10.4. The maximum absolute atomic E-state index is 12.3.